The molecule has 2 rings (SSSR count). The average molecular weight is 339 g/mol. The van der Waals surface area contributed by atoms with E-state index < -0.39 is 0 Å². The number of carbonyl (C=O) groups excluding carboxylic acids is 1. The van der Waals surface area contributed by atoms with Gasteiger partial charge in [-0.25, -0.2) is 0 Å². The average Bonchev–Trinajstić information content (AvgIpc) is 2.85. The third kappa shape index (κ3) is 3.67. The van der Waals surface area contributed by atoms with Gasteiger partial charge in [0.2, 0.25) is 0 Å². The van der Waals surface area contributed by atoms with E-state index in [9.17, 15) is 4.79 Å². The van der Waals surface area contributed by atoms with Gasteiger partial charge in [-0.1, -0.05) is 40.9 Å². The Bertz CT molecular complexity index is 680. The summed E-state index contributed by atoms with van der Waals surface area (Å²) >= 11 is 4.91. The minimum atomic E-state index is 0.136. The zero-order valence-corrected chi connectivity index (χ0v) is 15.3. The second-order valence-corrected chi connectivity index (χ2v) is 8.13. The van der Waals surface area contributed by atoms with Crippen LogP contribution in [0.25, 0.3) is 0 Å². The van der Waals surface area contributed by atoms with E-state index in [1.165, 1.54) is 11.1 Å². The molecule has 0 aliphatic rings. The number of benzene rings is 1. The summed E-state index contributed by atoms with van der Waals surface area (Å²) < 4.78 is 1.96. The molecule has 1 aromatic heterocycles. The van der Waals surface area contributed by atoms with Gasteiger partial charge >= 0.3 is 0 Å². The van der Waals surface area contributed by atoms with Gasteiger partial charge < -0.3 is 0 Å². The number of rotatable bonds is 5. The molecule has 6 heteroatoms. The van der Waals surface area contributed by atoms with E-state index in [1.54, 1.807) is 41.8 Å². The predicted octanol–water partition coefficient (Wildman–Crippen LogP) is 4.68. The van der Waals surface area contributed by atoms with Crippen LogP contribution in [0.4, 0.5) is 0 Å². The molecule has 1 heterocycles. The third-order valence-electron chi connectivity index (χ3n) is 3.39. The Labute approximate surface area is 137 Å². The van der Waals surface area contributed by atoms with Crippen LogP contribution in [0.2, 0.25) is 0 Å². The van der Waals surface area contributed by atoms with Crippen LogP contribution < -0.4 is 0 Å². The van der Waals surface area contributed by atoms with Crippen molar-refractivity contribution in [1.82, 2.24) is 10.2 Å². The highest BCUT2D eigenvalue weighted by molar-refractivity contribution is 8.02. The van der Waals surface area contributed by atoms with Crippen molar-refractivity contribution < 1.29 is 4.79 Å². The Hall–Kier alpha value is -0.850. The van der Waals surface area contributed by atoms with Crippen molar-refractivity contribution in [1.29, 1.82) is 0 Å². The van der Waals surface area contributed by atoms with E-state index in [-0.39, 0.29) is 5.78 Å². The molecule has 21 heavy (non-hydrogen) atoms. The van der Waals surface area contributed by atoms with Crippen LogP contribution >= 0.6 is 34.9 Å². The minimum Gasteiger partial charge on any atom is -0.294 e. The number of carbonyl (C=O) groups is 1. The first kappa shape index (κ1) is 16.5. The highest BCUT2D eigenvalue weighted by atomic mass is 32.2. The molecule has 0 aliphatic carbocycles. The number of hydrogen-bond acceptors (Lipinski definition) is 6. The highest BCUT2D eigenvalue weighted by Gasteiger charge is 2.15. The van der Waals surface area contributed by atoms with Crippen LogP contribution in [0.1, 0.15) is 39.5 Å². The number of Topliss-reactive ketones (excluding diaryl/α,β-unsaturated/α-hetero) is 1. The molecule has 1 aromatic carbocycles. The maximum Gasteiger partial charge on any atom is 0.175 e. The summed E-state index contributed by atoms with van der Waals surface area (Å²) in [5.41, 5.74) is 5.49. The topological polar surface area (TPSA) is 42.9 Å². The molecular weight excluding hydrogens is 320 g/mol. The molecule has 0 atom stereocenters. The zero-order chi connectivity index (χ0) is 15.6. The number of hydrogen-bond donors (Lipinski definition) is 0. The Balaban J connectivity index is 2.27. The summed E-state index contributed by atoms with van der Waals surface area (Å²) in [6, 6.07) is 2.10. The highest BCUT2D eigenvalue weighted by Crippen LogP contribution is 2.32. The van der Waals surface area contributed by atoms with E-state index in [1.807, 2.05) is 20.1 Å². The summed E-state index contributed by atoms with van der Waals surface area (Å²) in [7, 11) is 0. The van der Waals surface area contributed by atoms with Crippen LogP contribution in [0, 0.1) is 20.8 Å². The third-order valence-corrected chi connectivity index (χ3v) is 6.44. The normalized spacial score (nSPS) is 10.9. The Morgan fingerprint density at radius 3 is 2.43 bits per heavy atom. The fourth-order valence-electron chi connectivity index (χ4n) is 2.46. The van der Waals surface area contributed by atoms with Gasteiger partial charge in [-0.2, -0.15) is 0 Å². The van der Waals surface area contributed by atoms with Gasteiger partial charge in [-0.3, -0.25) is 4.79 Å². The van der Waals surface area contributed by atoms with E-state index in [4.69, 9.17) is 0 Å². The number of aromatic nitrogens is 2. The second kappa shape index (κ2) is 6.94. The van der Waals surface area contributed by atoms with Crippen molar-refractivity contribution in [2.75, 3.05) is 6.26 Å². The van der Waals surface area contributed by atoms with Crippen molar-refractivity contribution in [3.63, 3.8) is 0 Å². The monoisotopic (exact) mass is 338 g/mol. The smallest absolute Gasteiger partial charge is 0.175 e. The lowest BCUT2D eigenvalue weighted by atomic mass is 9.92. The molecule has 0 amide bonds. The lowest BCUT2D eigenvalue weighted by molar-refractivity contribution is 0.101. The molecule has 0 bridgehead atoms. The fourth-order valence-corrected chi connectivity index (χ4v) is 5.09. The molecule has 0 radical (unpaired) electrons. The van der Waals surface area contributed by atoms with Crippen LogP contribution in [0.15, 0.2) is 14.7 Å². The van der Waals surface area contributed by atoms with E-state index >= 15 is 0 Å². The Morgan fingerprint density at radius 2 is 1.86 bits per heavy atom. The molecule has 0 saturated heterocycles. The first-order valence-electron chi connectivity index (χ1n) is 6.55. The van der Waals surface area contributed by atoms with E-state index in [2.05, 4.69) is 23.2 Å². The predicted molar refractivity (Wildman–Crippen MR) is 91.9 cm³/mol. The van der Waals surface area contributed by atoms with Crippen LogP contribution in [-0.2, 0) is 5.75 Å². The number of aryl methyl sites for hydroxylation is 2. The van der Waals surface area contributed by atoms with Crippen molar-refractivity contribution in [2.45, 2.75) is 42.1 Å². The number of ketones is 1. The quantitative estimate of drug-likeness (QED) is 0.585. The van der Waals surface area contributed by atoms with Crippen LogP contribution in [-0.4, -0.2) is 22.2 Å². The van der Waals surface area contributed by atoms with Crippen molar-refractivity contribution >= 4 is 40.6 Å². The zero-order valence-electron chi connectivity index (χ0n) is 12.8. The van der Waals surface area contributed by atoms with Gasteiger partial charge in [0.05, 0.1) is 0 Å². The van der Waals surface area contributed by atoms with Gasteiger partial charge in [0.25, 0.3) is 0 Å². The van der Waals surface area contributed by atoms with Crippen LogP contribution in [0.5, 0.6) is 0 Å². The van der Waals surface area contributed by atoms with Crippen LogP contribution in [0.3, 0.4) is 0 Å². The van der Waals surface area contributed by atoms with E-state index in [0.29, 0.717) is 0 Å². The molecular formula is C15H18N2OS3. The van der Waals surface area contributed by atoms with E-state index in [0.717, 1.165) is 31.1 Å². The number of thioether (sulfide) groups is 2. The molecule has 0 unspecified atom stereocenters. The molecule has 3 nitrogen and oxygen atoms in total. The van der Waals surface area contributed by atoms with Gasteiger partial charge in [0.1, 0.15) is 0 Å². The molecule has 2 aromatic rings. The van der Waals surface area contributed by atoms with Gasteiger partial charge in [-0.15, -0.1) is 10.2 Å². The molecule has 0 saturated carbocycles. The summed E-state index contributed by atoms with van der Waals surface area (Å²) in [5, 5.41) is 8.29. The molecule has 0 N–H and O–H groups in total. The number of nitrogens with zero attached hydrogens (tertiary/aromatic N) is 2. The molecule has 0 fully saturated rings. The second-order valence-electron chi connectivity index (χ2n) is 4.87. The molecule has 112 valence electrons. The lowest BCUT2D eigenvalue weighted by Crippen LogP contribution is -2.05. The Kier molecular flexibility index (Phi) is 5.46. The Morgan fingerprint density at radius 1 is 1.19 bits per heavy atom. The summed E-state index contributed by atoms with van der Waals surface area (Å²) in [5.74, 6) is 0.957. The maximum absolute atomic E-state index is 11.8. The standard InChI is InChI=1S/C15H18N2OS3/c1-8-6-9(2)13(11(4)18)10(3)12(8)7-20-15-17-16-14(19-5)21-15/h6H,7H2,1-5H3. The SMILES string of the molecule is CSc1nnc(SCc2c(C)cc(C)c(C(C)=O)c2C)s1. The first-order valence-corrected chi connectivity index (χ1v) is 9.57. The lowest BCUT2D eigenvalue weighted by Gasteiger charge is -2.15. The van der Waals surface area contributed by atoms with Gasteiger partial charge in [0.15, 0.2) is 14.5 Å². The van der Waals surface area contributed by atoms with Crippen molar-refractivity contribution in [3.05, 3.63) is 33.9 Å². The van der Waals surface area contributed by atoms with Crippen molar-refractivity contribution in [2.24, 2.45) is 0 Å². The van der Waals surface area contributed by atoms with Gasteiger partial charge in [-0.05, 0) is 56.2 Å². The maximum atomic E-state index is 11.8. The summed E-state index contributed by atoms with van der Waals surface area (Å²) in [4.78, 5) is 11.8. The molecule has 0 aliphatic heterocycles. The molecule has 0 spiro atoms. The summed E-state index contributed by atoms with van der Waals surface area (Å²) in [6.45, 7) is 7.79. The largest absolute Gasteiger partial charge is 0.294 e. The van der Waals surface area contributed by atoms with Gasteiger partial charge in [0, 0.05) is 11.3 Å². The van der Waals surface area contributed by atoms with Crippen molar-refractivity contribution in [3.8, 4) is 0 Å². The fraction of sp³-hybridized carbons (Fsp3) is 0.400. The minimum absolute atomic E-state index is 0.136. The summed E-state index contributed by atoms with van der Waals surface area (Å²) in [6.07, 6.45) is 2.00. The first-order chi connectivity index (χ1) is 9.93.